The van der Waals surface area contributed by atoms with E-state index in [-0.39, 0.29) is 0 Å². The van der Waals surface area contributed by atoms with E-state index in [1.54, 1.807) is 5.92 Å². The van der Waals surface area contributed by atoms with Gasteiger partial charge in [0.15, 0.2) is 0 Å². The van der Waals surface area contributed by atoms with Gasteiger partial charge in [-0.1, -0.05) is 6.42 Å². The number of likely N-dealkylation sites (tertiary alicyclic amines) is 1. The summed E-state index contributed by atoms with van der Waals surface area (Å²) in [6.07, 6.45) is 4.13. The second kappa shape index (κ2) is 3.89. The number of hydrogen-bond acceptors (Lipinski definition) is 1. The van der Waals surface area contributed by atoms with Crippen molar-refractivity contribution >= 4 is 0 Å². The smallest absolute Gasteiger partial charge is 0 e. The standard InChI is InChI=1S/C8H16N.Lr/c1-8-5-3-4-6-9(2)7-8;/h3-7H2,1-2H3;/q-1;. The van der Waals surface area contributed by atoms with Gasteiger partial charge in [0.25, 0.3) is 0 Å². The van der Waals surface area contributed by atoms with Gasteiger partial charge in [-0.3, -0.25) is 0 Å². The van der Waals surface area contributed by atoms with Crippen LogP contribution < -0.4 is 0 Å². The molecule has 1 fully saturated rings. The summed E-state index contributed by atoms with van der Waals surface area (Å²) in [6.45, 7) is 4.78. The van der Waals surface area contributed by atoms with Gasteiger partial charge >= 0.3 is 0 Å². The van der Waals surface area contributed by atoms with Crippen molar-refractivity contribution in [3.8, 4) is 0 Å². The fourth-order valence-electron chi connectivity index (χ4n) is 1.43. The first kappa shape index (κ1) is 8.96. The summed E-state index contributed by atoms with van der Waals surface area (Å²) in [7, 11) is 2.20. The van der Waals surface area contributed by atoms with Gasteiger partial charge in [0.1, 0.15) is 0 Å². The Balaban J connectivity index is 0.000000810. The first-order valence-electron chi connectivity index (χ1n) is 3.79. The van der Waals surface area contributed by atoms with Gasteiger partial charge in [-0.2, -0.15) is 13.3 Å². The van der Waals surface area contributed by atoms with Gasteiger partial charge in [-0.25, -0.2) is 0 Å². The summed E-state index contributed by atoms with van der Waals surface area (Å²) in [6, 6.07) is 0. The van der Waals surface area contributed by atoms with Crippen LogP contribution in [0.4, 0.5) is 0 Å². The monoisotopic (exact) mass is 388 g/mol. The predicted molar refractivity (Wildman–Crippen MR) is 40.3 cm³/mol. The van der Waals surface area contributed by atoms with Crippen molar-refractivity contribution in [3.05, 3.63) is 5.92 Å². The SMILES string of the molecule is C[C-]1CCCCN(C)C1.[Lr]. The molecular formula is C8H16LrN-. The van der Waals surface area contributed by atoms with Crippen molar-refractivity contribution < 1.29 is 0 Å². The number of nitrogens with zero attached hydrogens (tertiary/aromatic N) is 1. The van der Waals surface area contributed by atoms with E-state index in [1.165, 1.54) is 32.4 Å². The van der Waals surface area contributed by atoms with Gasteiger partial charge in [0.05, 0.1) is 0 Å². The molecule has 1 nitrogen and oxygen atoms in total. The zero-order chi connectivity index (χ0) is 6.69. The Bertz CT molecular complexity index is 75.3. The van der Waals surface area contributed by atoms with Crippen LogP contribution in [0, 0.1) is 5.92 Å². The Labute approximate surface area is 58.0 Å². The molecule has 0 saturated carbocycles. The van der Waals surface area contributed by atoms with Gasteiger partial charge in [-0.15, -0.1) is 6.54 Å². The second-order valence-corrected chi connectivity index (χ2v) is 3.15. The molecule has 0 N–H and O–H groups in total. The Hall–Kier alpha value is -1.04. The zero-order valence-corrected chi connectivity index (χ0v) is 8.89. The molecule has 0 bridgehead atoms. The molecule has 0 aromatic carbocycles. The van der Waals surface area contributed by atoms with Crippen molar-refractivity contribution in [1.82, 2.24) is 4.90 Å². The molecule has 0 spiro atoms. The van der Waals surface area contributed by atoms with Gasteiger partial charge in [0, 0.05) is 0 Å². The van der Waals surface area contributed by atoms with Crippen LogP contribution in [-0.4, -0.2) is 25.0 Å². The van der Waals surface area contributed by atoms with Crippen LogP contribution in [-0.2, 0) is 0 Å². The first-order valence-corrected chi connectivity index (χ1v) is 3.79. The average molecular weight is 388 g/mol. The third-order valence-corrected chi connectivity index (χ3v) is 1.93. The maximum Gasteiger partial charge on any atom is 0 e. The molecule has 0 aromatic rings. The second-order valence-electron chi connectivity index (χ2n) is 3.15. The minimum atomic E-state index is 0. The molecule has 10 heavy (non-hydrogen) atoms. The molecule has 2 heteroatoms. The van der Waals surface area contributed by atoms with Crippen LogP contribution in [0.15, 0.2) is 0 Å². The molecule has 69 valence electrons. The van der Waals surface area contributed by atoms with E-state index >= 15 is 0 Å². The topological polar surface area (TPSA) is 3.24 Å². The molecule has 1 radical (unpaired) electrons. The minimum Gasteiger partial charge on any atom is -0.335 e. The third-order valence-electron chi connectivity index (χ3n) is 1.93. The Morgan fingerprint density at radius 3 is 2.70 bits per heavy atom. The molecule has 0 aliphatic carbocycles. The fraction of sp³-hybridized carbons (Fsp3) is 0.875. The maximum absolute atomic E-state index is 2.41. The van der Waals surface area contributed by atoms with Crippen LogP contribution in [0.1, 0.15) is 26.2 Å². The summed E-state index contributed by atoms with van der Waals surface area (Å²) in [5, 5.41) is 0. The van der Waals surface area contributed by atoms with Gasteiger partial charge in [0.2, 0.25) is 0 Å². The molecule has 1 aliphatic rings. The first-order chi connectivity index (χ1) is 4.29. The average Bonchev–Trinajstić information content (AvgIpc) is 1.93. The molecular weight excluding hydrogens is 372 g/mol. The summed E-state index contributed by atoms with van der Waals surface area (Å²) >= 11 is 0. The van der Waals surface area contributed by atoms with E-state index < -0.39 is 0 Å². The van der Waals surface area contributed by atoms with Crippen molar-refractivity contribution in [1.29, 1.82) is 0 Å². The molecule has 0 atom stereocenters. The molecule has 0 aromatic heterocycles. The quantitative estimate of drug-likeness (QED) is 0.572. The van der Waals surface area contributed by atoms with Crippen molar-refractivity contribution in [3.63, 3.8) is 0 Å². The van der Waals surface area contributed by atoms with E-state index in [4.69, 9.17) is 0 Å². The molecule has 1 rings (SSSR count). The summed E-state index contributed by atoms with van der Waals surface area (Å²) < 4.78 is 0. The normalized spacial score (nSPS) is 23.4. The molecule has 0 amide bonds. The molecule has 1 aliphatic heterocycles. The minimum absolute atomic E-state index is 0. The van der Waals surface area contributed by atoms with Crippen LogP contribution >= 0.6 is 0 Å². The Morgan fingerprint density at radius 2 is 2.00 bits per heavy atom. The zero-order valence-electron chi connectivity index (χ0n) is 6.74. The van der Waals surface area contributed by atoms with Gasteiger partial charge < -0.3 is 10.8 Å². The van der Waals surface area contributed by atoms with Gasteiger partial charge in [-0.05, 0) is 20.0 Å². The van der Waals surface area contributed by atoms with Crippen molar-refractivity contribution in [2.45, 2.75) is 26.2 Å². The number of rotatable bonds is 0. The third kappa shape index (κ3) is 2.49. The summed E-state index contributed by atoms with van der Waals surface area (Å²) in [5.74, 6) is 1.65. The Kier molecular flexibility index (Phi) is 3.48. The van der Waals surface area contributed by atoms with Crippen LogP contribution in [0.25, 0.3) is 0 Å². The maximum atomic E-state index is 2.41. The van der Waals surface area contributed by atoms with Crippen molar-refractivity contribution in [2.24, 2.45) is 0 Å². The largest absolute Gasteiger partial charge is 0.335 e. The number of hydrogen-bond donors (Lipinski definition) is 0. The Morgan fingerprint density at radius 1 is 1.30 bits per heavy atom. The van der Waals surface area contributed by atoms with E-state index in [0.717, 1.165) is 0 Å². The van der Waals surface area contributed by atoms with E-state index in [2.05, 4.69) is 18.9 Å². The van der Waals surface area contributed by atoms with Crippen molar-refractivity contribution in [2.75, 3.05) is 20.1 Å². The van der Waals surface area contributed by atoms with E-state index in [1.807, 2.05) is 0 Å². The predicted octanol–water partition coefficient (Wildman–Crippen LogP) is 1.70. The fourth-order valence-corrected chi connectivity index (χ4v) is 1.43. The summed E-state index contributed by atoms with van der Waals surface area (Å²) in [4.78, 5) is 2.41. The van der Waals surface area contributed by atoms with Crippen LogP contribution in [0.3, 0.4) is 0 Å². The summed E-state index contributed by atoms with van der Waals surface area (Å²) in [5.41, 5.74) is 0. The molecule has 0 unspecified atom stereocenters. The van der Waals surface area contributed by atoms with Crippen LogP contribution in [0.2, 0.25) is 0 Å². The van der Waals surface area contributed by atoms with E-state index in [9.17, 15) is 0 Å². The molecule has 1 saturated heterocycles. The van der Waals surface area contributed by atoms with E-state index in [0.29, 0.717) is 0 Å². The van der Waals surface area contributed by atoms with Crippen LogP contribution in [0.5, 0.6) is 0 Å². The molecule has 1 heterocycles.